The number of hydrogen-bond acceptors (Lipinski definition) is 3. The number of nitrogens with zero attached hydrogens (tertiary/aromatic N) is 1. The molecule has 20 heavy (non-hydrogen) atoms. The van der Waals surface area contributed by atoms with Gasteiger partial charge in [0, 0.05) is 25.0 Å². The number of unbranched alkanes of at least 4 members (excludes halogenated alkanes) is 1. The van der Waals surface area contributed by atoms with Crippen LogP contribution >= 0.6 is 0 Å². The molecule has 1 aromatic carbocycles. The zero-order valence-electron chi connectivity index (χ0n) is 12.5. The second-order valence-electron chi connectivity index (χ2n) is 5.44. The molecule has 0 unspecified atom stereocenters. The first-order chi connectivity index (χ1) is 9.32. The smallest absolute Gasteiger partial charge is 0.199 e. The van der Waals surface area contributed by atoms with Crippen molar-refractivity contribution in [2.24, 2.45) is 0 Å². The lowest BCUT2D eigenvalue weighted by Gasteiger charge is -2.14. The summed E-state index contributed by atoms with van der Waals surface area (Å²) in [5.74, 6) is 0. The fourth-order valence-corrected chi connectivity index (χ4v) is 2.55. The van der Waals surface area contributed by atoms with E-state index in [-0.39, 0.29) is 5.41 Å². The molecule has 1 heterocycles. The van der Waals surface area contributed by atoms with Crippen molar-refractivity contribution < 1.29 is 17.2 Å². The third kappa shape index (κ3) is 3.54. The maximum atomic E-state index is 8.44. The molecule has 1 aromatic rings. The molecule has 0 radical (unpaired) electrons. The summed E-state index contributed by atoms with van der Waals surface area (Å²) in [6.07, 6.45) is 2.52. The van der Waals surface area contributed by atoms with E-state index in [0.717, 1.165) is 6.54 Å². The summed E-state index contributed by atoms with van der Waals surface area (Å²) in [6, 6.07) is 8.82. The predicted molar refractivity (Wildman–Crippen MR) is 79.5 cm³/mol. The van der Waals surface area contributed by atoms with Gasteiger partial charge in [-0.05, 0) is 13.8 Å². The SMILES string of the molecule is CCCC[N+]1=C(C)C(C)(C)c2ccccc21.O=S(=O)=O. The Morgan fingerprint density at radius 1 is 1.15 bits per heavy atom. The molecule has 0 atom stereocenters. The zero-order valence-corrected chi connectivity index (χ0v) is 13.3. The Morgan fingerprint density at radius 2 is 1.70 bits per heavy atom. The van der Waals surface area contributed by atoms with Crippen molar-refractivity contribution in [3.05, 3.63) is 29.8 Å². The topological polar surface area (TPSA) is 54.2 Å². The normalized spacial score (nSPS) is 15.4. The average Bonchev–Trinajstić information content (AvgIpc) is 2.56. The van der Waals surface area contributed by atoms with Gasteiger partial charge in [-0.2, -0.15) is 4.58 Å². The van der Waals surface area contributed by atoms with Crippen LogP contribution < -0.4 is 0 Å². The molecule has 0 saturated carbocycles. The fraction of sp³-hybridized carbons (Fsp3) is 0.533. The van der Waals surface area contributed by atoms with Crippen LogP contribution in [0.3, 0.4) is 0 Å². The van der Waals surface area contributed by atoms with Crippen molar-refractivity contribution in [1.82, 2.24) is 0 Å². The first-order valence-corrected chi connectivity index (χ1v) is 7.80. The van der Waals surface area contributed by atoms with E-state index >= 15 is 0 Å². The van der Waals surface area contributed by atoms with Gasteiger partial charge in [0.25, 0.3) is 0 Å². The monoisotopic (exact) mass is 296 g/mol. The molecule has 1 aliphatic rings. The van der Waals surface area contributed by atoms with E-state index in [0.29, 0.717) is 0 Å². The number of rotatable bonds is 3. The molecule has 0 fully saturated rings. The minimum absolute atomic E-state index is 0.199. The summed E-state index contributed by atoms with van der Waals surface area (Å²) < 4.78 is 27.8. The van der Waals surface area contributed by atoms with Gasteiger partial charge in [0.15, 0.2) is 5.71 Å². The van der Waals surface area contributed by atoms with Crippen LogP contribution in [0.1, 0.15) is 46.1 Å². The van der Waals surface area contributed by atoms with Crippen molar-refractivity contribution in [3.63, 3.8) is 0 Å². The fourth-order valence-electron chi connectivity index (χ4n) is 2.55. The molecule has 5 heteroatoms. The van der Waals surface area contributed by atoms with Crippen LogP contribution in [0.4, 0.5) is 5.69 Å². The minimum Gasteiger partial charge on any atom is -0.199 e. The molecule has 0 bridgehead atoms. The Morgan fingerprint density at radius 3 is 2.25 bits per heavy atom. The lowest BCUT2D eigenvalue weighted by Crippen LogP contribution is -2.26. The number of benzene rings is 1. The minimum atomic E-state index is -3.11. The highest BCUT2D eigenvalue weighted by Gasteiger charge is 2.42. The quantitative estimate of drug-likeness (QED) is 0.806. The Bertz CT molecular complexity index is 608. The summed E-state index contributed by atoms with van der Waals surface area (Å²) in [7, 11) is -3.11. The van der Waals surface area contributed by atoms with Crippen molar-refractivity contribution >= 4 is 22.0 Å². The molecule has 0 aromatic heterocycles. The summed E-state index contributed by atoms with van der Waals surface area (Å²) in [4.78, 5) is 0. The Hall–Kier alpha value is -1.49. The first kappa shape index (κ1) is 16.6. The van der Waals surface area contributed by atoms with Crippen molar-refractivity contribution in [2.75, 3.05) is 6.54 Å². The maximum absolute atomic E-state index is 8.44. The molecule has 4 nitrogen and oxygen atoms in total. The first-order valence-electron chi connectivity index (χ1n) is 6.80. The van der Waals surface area contributed by atoms with E-state index < -0.39 is 10.6 Å². The third-order valence-electron chi connectivity index (χ3n) is 3.91. The summed E-state index contributed by atoms with van der Waals surface area (Å²) in [5, 5.41) is 0. The lowest BCUT2D eigenvalue weighted by molar-refractivity contribution is -0.439. The standard InChI is InChI=1S/C15H22N.O3S/c1-5-6-11-16-12(2)15(3,4)13-9-7-8-10-14(13)16;1-4(2)3/h7-10H,5-6,11H2,1-4H3;/q+1;. The highest BCUT2D eigenvalue weighted by molar-refractivity contribution is 7.59. The summed E-state index contributed by atoms with van der Waals surface area (Å²) in [6.45, 7) is 10.3. The van der Waals surface area contributed by atoms with Crippen LogP contribution in [0, 0.1) is 0 Å². The zero-order chi connectivity index (χ0) is 15.3. The highest BCUT2D eigenvalue weighted by atomic mass is 32.2. The summed E-state index contributed by atoms with van der Waals surface area (Å²) in [5.41, 5.74) is 4.58. The maximum Gasteiger partial charge on any atom is 0.425 e. The largest absolute Gasteiger partial charge is 0.425 e. The Balaban J connectivity index is 0.000000444. The van der Waals surface area contributed by atoms with Gasteiger partial charge in [-0.15, -0.1) is 12.6 Å². The van der Waals surface area contributed by atoms with Crippen LogP contribution in [-0.4, -0.2) is 29.5 Å². The molecule has 0 saturated heterocycles. The second kappa shape index (κ2) is 6.79. The third-order valence-corrected chi connectivity index (χ3v) is 3.91. The molecule has 0 N–H and O–H groups in total. The highest BCUT2D eigenvalue weighted by Crippen LogP contribution is 2.39. The number of hydrogen-bond donors (Lipinski definition) is 0. The van der Waals surface area contributed by atoms with E-state index in [4.69, 9.17) is 12.6 Å². The van der Waals surface area contributed by atoms with Gasteiger partial charge in [0.1, 0.15) is 6.54 Å². The molecular weight excluding hydrogens is 274 g/mol. The van der Waals surface area contributed by atoms with E-state index in [1.54, 1.807) is 0 Å². The van der Waals surface area contributed by atoms with Gasteiger partial charge < -0.3 is 0 Å². The molecule has 0 amide bonds. The van der Waals surface area contributed by atoms with E-state index in [1.807, 2.05) is 0 Å². The Kier molecular flexibility index (Phi) is 5.62. The van der Waals surface area contributed by atoms with Gasteiger partial charge in [-0.1, -0.05) is 31.5 Å². The van der Waals surface area contributed by atoms with Gasteiger partial charge in [0.2, 0.25) is 5.69 Å². The molecule has 2 rings (SSSR count). The Labute approximate surface area is 122 Å². The van der Waals surface area contributed by atoms with Gasteiger partial charge in [0.05, 0.1) is 5.41 Å². The predicted octanol–water partition coefficient (Wildman–Crippen LogP) is 2.88. The summed E-state index contributed by atoms with van der Waals surface area (Å²) >= 11 is 0. The van der Waals surface area contributed by atoms with Crippen LogP contribution in [-0.2, 0) is 16.0 Å². The molecule has 0 aliphatic carbocycles. The van der Waals surface area contributed by atoms with Crippen molar-refractivity contribution in [3.8, 4) is 0 Å². The van der Waals surface area contributed by atoms with Gasteiger partial charge >= 0.3 is 10.6 Å². The average molecular weight is 296 g/mol. The van der Waals surface area contributed by atoms with Crippen LogP contribution in [0.5, 0.6) is 0 Å². The van der Waals surface area contributed by atoms with Gasteiger partial charge in [-0.3, -0.25) is 0 Å². The van der Waals surface area contributed by atoms with Crippen molar-refractivity contribution in [1.29, 1.82) is 0 Å². The van der Waals surface area contributed by atoms with Crippen LogP contribution in [0.15, 0.2) is 24.3 Å². The van der Waals surface area contributed by atoms with E-state index in [1.165, 1.54) is 29.8 Å². The molecule has 1 aliphatic heterocycles. The van der Waals surface area contributed by atoms with E-state index in [2.05, 4.69) is 56.5 Å². The molecule has 0 spiro atoms. The second-order valence-corrected chi connectivity index (χ2v) is 5.85. The van der Waals surface area contributed by atoms with Crippen LogP contribution in [0.25, 0.3) is 0 Å². The van der Waals surface area contributed by atoms with Gasteiger partial charge in [-0.25, -0.2) is 0 Å². The number of para-hydroxylation sites is 1. The van der Waals surface area contributed by atoms with E-state index in [9.17, 15) is 0 Å². The lowest BCUT2D eigenvalue weighted by atomic mass is 9.82. The molecular formula is C15H22NO3S+. The number of fused-ring (bicyclic) bond motifs is 1. The van der Waals surface area contributed by atoms with Crippen molar-refractivity contribution in [2.45, 2.75) is 46.0 Å². The van der Waals surface area contributed by atoms with Crippen LogP contribution in [0.2, 0.25) is 0 Å². The molecule has 110 valence electrons.